The van der Waals surface area contributed by atoms with Crippen molar-refractivity contribution in [3.05, 3.63) is 53.6 Å². The van der Waals surface area contributed by atoms with Gasteiger partial charge in [-0.05, 0) is 47.7 Å². The van der Waals surface area contributed by atoms with Crippen molar-refractivity contribution in [2.24, 2.45) is 0 Å². The second-order valence-electron chi connectivity index (χ2n) is 8.16. The summed E-state index contributed by atoms with van der Waals surface area (Å²) in [5.41, 5.74) is 3.27. The predicted molar refractivity (Wildman–Crippen MR) is 122 cm³/mol. The first-order valence-corrected chi connectivity index (χ1v) is 11.6. The average Bonchev–Trinajstić information content (AvgIpc) is 3.08. The van der Waals surface area contributed by atoms with Crippen LogP contribution in [-0.4, -0.2) is 22.1 Å². The second kappa shape index (κ2) is 9.18. The molecule has 1 heterocycles. The number of thiazole rings is 1. The monoisotopic (exact) mass is 441 g/mol. The van der Waals surface area contributed by atoms with Gasteiger partial charge in [0.15, 0.2) is 4.34 Å². The topological polar surface area (TPSA) is 82.1 Å². The summed E-state index contributed by atoms with van der Waals surface area (Å²) < 4.78 is 1.58. The molecule has 0 fully saturated rings. The highest BCUT2D eigenvalue weighted by atomic mass is 32.2. The Morgan fingerprint density at radius 1 is 1.17 bits per heavy atom. The van der Waals surface area contributed by atoms with E-state index in [1.807, 2.05) is 43.3 Å². The zero-order valence-electron chi connectivity index (χ0n) is 17.5. The molecule has 0 unspecified atom stereocenters. The quantitative estimate of drug-likeness (QED) is 0.530. The summed E-state index contributed by atoms with van der Waals surface area (Å²) in [6.45, 7) is 8.35. The van der Waals surface area contributed by atoms with Crippen LogP contribution in [0.5, 0.6) is 0 Å². The average molecular weight is 442 g/mol. The van der Waals surface area contributed by atoms with Gasteiger partial charge in [-0.2, -0.15) is 0 Å². The van der Waals surface area contributed by atoms with Crippen LogP contribution in [0.1, 0.15) is 56.5 Å². The van der Waals surface area contributed by atoms with Gasteiger partial charge in [0.1, 0.15) is 0 Å². The number of carboxylic acids is 1. The Bertz CT molecular complexity index is 1050. The highest BCUT2D eigenvalue weighted by Gasteiger charge is 2.16. The number of thioether (sulfide) groups is 1. The third-order valence-corrected chi connectivity index (χ3v) is 7.05. The van der Waals surface area contributed by atoms with E-state index < -0.39 is 11.2 Å². The maximum Gasteiger partial charge on any atom is 0.255 e. The molecule has 3 rings (SSSR count). The number of amides is 1. The first-order valence-electron chi connectivity index (χ1n) is 9.87. The number of carbonyl (C=O) groups excluding carboxylic acids is 2. The van der Waals surface area contributed by atoms with E-state index in [4.69, 9.17) is 0 Å². The third kappa shape index (κ3) is 5.40. The van der Waals surface area contributed by atoms with E-state index in [2.05, 4.69) is 31.1 Å². The largest absolute Gasteiger partial charge is 0.549 e. The van der Waals surface area contributed by atoms with Crippen LogP contribution in [0.2, 0.25) is 0 Å². The number of fused-ring (bicyclic) bond motifs is 1. The molecule has 2 aromatic carbocycles. The van der Waals surface area contributed by atoms with E-state index in [1.165, 1.54) is 28.7 Å². The SMILES string of the molecule is CCC[C@H](Sc1nc2ccc(NC(=O)c3ccc(C(C)(C)C)cc3)cc2s1)C(=O)[O-]. The fourth-order valence-electron chi connectivity index (χ4n) is 2.97. The van der Waals surface area contributed by atoms with Crippen molar-refractivity contribution in [1.82, 2.24) is 4.98 Å². The van der Waals surface area contributed by atoms with Crippen molar-refractivity contribution in [1.29, 1.82) is 0 Å². The first-order chi connectivity index (χ1) is 14.2. The number of carbonyl (C=O) groups is 2. The minimum Gasteiger partial charge on any atom is -0.549 e. The molecule has 1 amide bonds. The molecule has 0 saturated carbocycles. The molecule has 0 radical (unpaired) electrons. The summed E-state index contributed by atoms with van der Waals surface area (Å²) in [6.07, 6.45) is 1.31. The number of hydrogen-bond acceptors (Lipinski definition) is 6. The predicted octanol–water partition coefficient (Wildman–Crippen LogP) is 4.86. The molecule has 1 atom stereocenters. The lowest BCUT2D eigenvalue weighted by Gasteiger charge is -2.19. The fourth-order valence-corrected chi connectivity index (χ4v) is 5.36. The minimum atomic E-state index is -1.06. The Morgan fingerprint density at radius 3 is 2.47 bits per heavy atom. The zero-order valence-corrected chi connectivity index (χ0v) is 19.2. The van der Waals surface area contributed by atoms with E-state index in [-0.39, 0.29) is 11.3 Å². The molecule has 1 aromatic heterocycles. The molecule has 7 heteroatoms. The summed E-state index contributed by atoms with van der Waals surface area (Å²) in [6, 6.07) is 13.1. The van der Waals surface area contributed by atoms with Gasteiger partial charge >= 0.3 is 0 Å². The molecule has 5 nitrogen and oxygen atoms in total. The maximum atomic E-state index is 12.6. The summed E-state index contributed by atoms with van der Waals surface area (Å²) >= 11 is 2.65. The van der Waals surface area contributed by atoms with Crippen molar-refractivity contribution >= 4 is 50.9 Å². The lowest BCUT2D eigenvalue weighted by atomic mass is 9.87. The molecule has 0 aliphatic carbocycles. The molecule has 0 bridgehead atoms. The van der Waals surface area contributed by atoms with E-state index in [9.17, 15) is 14.7 Å². The molecule has 0 spiro atoms. The Hall–Kier alpha value is -2.38. The molecule has 30 heavy (non-hydrogen) atoms. The number of aliphatic carboxylic acids is 1. The molecule has 158 valence electrons. The molecule has 1 N–H and O–H groups in total. The highest BCUT2D eigenvalue weighted by molar-refractivity contribution is 8.02. The fraction of sp³-hybridized carbons (Fsp3) is 0.348. The number of aromatic nitrogens is 1. The van der Waals surface area contributed by atoms with Gasteiger partial charge in [-0.1, -0.05) is 58.0 Å². The number of anilines is 1. The first kappa shape index (κ1) is 22.3. The Labute approximate surface area is 184 Å². The van der Waals surface area contributed by atoms with Crippen LogP contribution in [0.3, 0.4) is 0 Å². The molecule has 3 aromatic rings. The van der Waals surface area contributed by atoms with Gasteiger partial charge in [-0.25, -0.2) is 4.98 Å². The van der Waals surface area contributed by atoms with Crippen molar-refractivity contribution < 1.29 is 14.7 Å². The van der Waals surface area contributed by atoms with Gasteiger partial charge in [-0.3, -0.25) is 4.79 Å². The Balaban J connectivity index is 1.74. The van der Waals surface area contributed by atoms with Crippen LogP contribution in [0.25, 0.3) is 10.2 Å². The van der Waals surface area contributed by atoms with Gasteiger partial charge in [0, 0.05) is 11.3 Å². The summed E-state index contributed by atoms with van der Waals surface area (Å²) in [5, 5.41) is 13.6. The normalized spacial score (nSPS) is 12.7. The standard InChI is InChI=1S/C23H26N2O3S2/c1-5-6-18(21(27)28)29-22-25-17-12-11-16(13-19(17)30-22)24-20(26)14-7-9-15(10-8-14)23(2,3)4/h7-13,18H,5-6H2,1-4H3,(H,24,26)(H,27,28)/p-1/t18-/m0/s1. The minimum absolute atomic E-state index is 0.0365. The van der Waals surface area contributed by atoms with Gasteiger partial charge in [0.05, 0.1) is 21.4 Å². The molecular formula is C23H25N2O3S2-. The number of nitrogens with zero attached hydrogens (tertiary/aromatic N) is 1. The lowest BCUT2D eigenvalue weighted by Crippen LogP contribution is -2.33. The van der Waals surface area contributed by atoms with Crippen molar-refractivity contribution in [3.63, 3.8) is 0 Å². The maximum absolute atomic E-state index is 12.6. The Kier molecular flexibility index (Phi) is 6.83. The van der Waals surface area contributed by atoms with E-state index in [0.29, 0.717) is 22.0 Å². The summed E-state index contributed by atoms with van der Waals surface area (Å²) in [5.74, 6) is -1.24. The van der Waals surface area contributed by atoms with Gasteiger partial charge in [0.25, 0.3) is 5.91 Å². The second-order valence-corrected chi connectivity index (χ2v) is 10.6. The lowest BCUT2D eigenvalue weighted by molar-refractivity contribution is -0.304. The van der Waals surface area contributed by atoms with Crippen molar-refractivity contribution in [3.8, 4) is 0 Å². The number of benzene rings is 2. The van der Waals surface area contributed by atoms with E-state index in [0.717, 1.165) is 16.6 Å². The van der Waals surface area contributed by atoms with Crippen LogP contribution in [0.15, 0.2) is 46.8 Å². The number of rotatable bonds is 7. The zero-order chi connectivity index (χ0) is 21.9. The molecular weight excluding hydrogens is 416 g/mol. The van der Waals surface area contributed by atoms with Gasteiger partial charge in [0.2, 0.25) is 0 Å². The molecule has 0 saturated heterocycles. The van der Waals surface area contributed by atoms with Crippen LogP contribution < -0.4 is 10.4 Å². The van der Waals surface area contributed by atoms with Gasteiger partial charge < -0.3 is 15.2 Å². The third-order valence-electron chi connectivity index (χ3n) is 4.70. The molecule has 0 aliphatic rings. The number of nitrogens with one attached hydrogen (secondary N) is 1. The van der Waals surface area contributed by atoms with Crippen molar-refractivity contribution in [2.75, 3.05) is 5.32 Å². The van der Waals surface area contributed by atoms with Crippen LogP contribution >= 0.6 is 23.1 Å². The summed E-state index contributed by atoms with van der Waals surface area (Å²) in [4.78, 5) is 28.4. The number of hydrogen-bond donors (Lipinski definition) is 1. The summed E-state index contributed by atoms with van der Waals surface area (Å²) in [7, 11) is 0. The van der Waals surface area contributed by atoms with E-state index >= 15 is 0 Å². The van der Waals surface area contributed by atoms with Crippen molar-refractivity contribution in [2.45, 2.75) is 55.5 Å². The van der Waals surface area contributed by atoms with Crippen LogP contribution in [-0.2, 0) is 10.2 Å². The van der Waals surface area contributed by atoms with Crippen LogP contribution in [0.4, 0.5) is 5.69 Å². The number of carboxylic acid groups (broad SMARTS) is 1. The van der Waals surface area contributed by atoms with E-state index in [1.54, 1.807) is 6.07 Å². The molecule has 0 aliphatic heterocycles. The Morgan fingerprint density at radius 2 is 1.87 bits per heavy atom. The van der Waals surface area contributed by atoms with Gasteiger partial charge in [-0.15, -0.1) is 11.3 Å². The highest BCUT2D eigenvalue weighted by Crippen LogP contribution is 2.34. The smallest absolute Gasteiger partial charge is 0.255 e. The van der Waals surface area contributed by atoms with Crippen LogP contribution in [0, 0.1) is 0 Å².